The highest BCUT2D eigenvalue weighted by Gasteiger charge is 2.50. The van der Waals surface area contributed by atoms with E-state index in [9.17, 15) is 13.6 Å². The van der Waals surface area contributed by atoms with Gasteiger partial charge in [-0.2, -0.15) is 8.78 Å². The van der Waals surface area contributed by atoms with Gasteiger partial charge in [0.1, 0.15) is 0 Å². The molecule has 4 heteroatoms. The third-order valence-electron chi connectivity index (χ3n) is 1.59. The Morgan fingerprint density at radius 3 is 2.09 bits per heavy atom. The minimum Gasteiger partial charge on any atom is -0.376 e. The molecule has 0 aliphatic rings. The molecule has 0 spiro atoms. The molecule has 0 aromatic carbocycles. The van der Waals surface area contributed by atoms with Crippen LogP contribution in [-0.4, -0.2) is 22.4 Å². The Morgan fingerprint density at radius 2 is 2.00 bits per heavy atom. The van der Waals surface area contributed by atoms with Crippen molar-refractivity contribution in [2.75, 3.05) is 0 Å². The van der Waals surface area contributed by atoms with Crippen molar-refractivity contribution in [2.24, 2.45) is 0 Å². The molecular weight excluding hydrogens is 154 g/mol. The highest BCUT2D eigenvalue weighted by atomic mass is 19.3. The molecule has 1 N–H and O–H groups in total. The third kappa shape index (κ3) is 1.63. The number of hydrogen-bond acceptors (Lipinski definition) is 2. The molecule has 0 rings (SSSR count). The molecule has 1 atom stereocenters. The van der Waals surface area contributed by atoms with Crippen LogP contribution in [0.2, 0.25) is 0 Å². The predicted octanol–water partition coefficient (Wildman–Crippen LogP) is 1.15. The van der Waals surface area contributed by atoms with Crippen molar-refractivity contribution in [1.29, 1.82) is 0 Å². The third-order valence-corrected chi connectivity index (χ3v) is 1.59. The van der Waals surface area contributed by atoms with Gasteiger partial charge >= 0.3 is 5.92 Å². The molecule has 0 aliphatic carbocycles. The van der Waals surface area contributed by atoms with E-state index >= 15 is 0 Å². The number of ketones is 1. The maximum atomic E-state index is 12.6. The molecular formula is C7H10F2O2. The summed E-state index contributed by atoms with van der Waals surface area (Å²) < 4.78 is 25.2. The predicted molar refractivity (Wildman–Crippen MR) is 36.4 cm³/mol. The number of hydrogen-bond donors (Lipinski definition) is 1. The van der Waals surface area contributed by atoms with Gasteiger partial charge in [-0.1, -0.05) is 6.58 Å². The number of Topliss-reactive ketones (excluding diaryl/α,β-unsaturated/α-hetero) is 1. The maximum absolute atomic E-state index is 12.6. The Labute approximate surface area is 63.5 Å². The fourth-order valence-corrected chi connectivity index (χ4v) is 0.433. The molecule has 1 unspecified atom stereocenters. The van der Waals surface area contributed by atoms with Gasteiger partial charge in [0.15, 0.2) is 11.4 Å². The van der Waals surface area contributed by atoms with Crippen LogP contribution in [-0.2, 0) is 4.79 Å². The summed E-state index contributed by atoms with van der Waals surface area (Å²) in [6, 6.07) is 0. The number of alkyl halides is 2. The van der Waals surface area contributed by atoms with Crippen LogP contribution in [0.1, 0.15) is 13.8 Å². The number of rotatable bonds is 3. The molecule has 0 saturated carbocycles. The van der Waals surface area contributed by atoms with Gasteiger partial charge in [0.25, 0.3) is 0 Å². The van der Waals surface area contributed by atoms with Crippen molar-refractivity contribution in [1.82, 2.24) is 0 Å². The minimum absolute atomic E-state index is 0.258. The standard InChI is InChI=1S/C7H10F2O2/c1-4-7(8,9)6(3,11)5(2)10/h4,11H,1H2,2-3H3. The van der Waals surface area contributed by atoms with Crippen molar-refractivity contribution >= 4 is 5.78 Å². The molecule has 0 aromatic heterocycles. The Kier molecular flexibility index (Phi) is 2.51. The van der Waals surface area contributed by atoms with Gasteiger partial charge in [-0.05, 0) is 19.9 Å². The fraction of sp³-hybridized carbons (Fsp3) is 0.571. The summed E-state index contributed by atoms with van der Waals surface area (Å²) in [5.41, 5.74) is -2.64. The summed E-state index contributed by atoms with van der Waals surface area (Å²) in [6.07, 6.45) is 0.258. The van der Waals surface area contributed by atoms with E-state index in [1.54, 1.807) is 0 Å². The lowest BCUT2D eigenvalue weighted by Crippen LogP contribution is -2.49. The summed E-state index contributed by atoms with van der Waals surface area (Å²) >= 11 is 0. The molecule has 0 fully saturated rings. The summed E-state index contributed by atoms with van der Waals surface area (Å²) in [6.45, 7) is 4.48. The normalized spacial score (nSPS) is 17.2. The van der Waals surface area contributed by atoms with Crippen LogP contribution in [0.5, 0.6) is 0 Å². The van der Waals surface area contributed by atoms with Crippen LogP contribution >= 0.6 is 0 Å². The molecule has 11 heavy (non-hydrogen) atoms. The lowest BCUT2D eigenvalue weighted by atomic mass is 9.94. The molecule has 0 radical (unpaired) electrons. The van der Waals surface area contributed by atoms with E-state index in [1.807, 2.05) is 0 Å². The van der Waals surface area contributed by atoms with Gasteiger partial charge in [0.05, 0.1) is 0 Å². The van der Waals surface area contributed by atoms with Gasteiger partial charge in [-0.3, -0.25) is 4.79 Å². The molecule has 0 saturated heterocycles. The first-order valence-electron chi connectivity index (χ1n) is 3.00. The van der Waals surface area contributed by atoms with E-state index in [4.69, 9.17) is 5.11 Å². The molecule has 0 aliphatic heterocycles. The van der Waals surface area contributed by atoms with Gasteiger partial charge in [-0.15, -0.1) is 0 Å². The van der Waals surface area contributed by atoms with Crippen molar-refractivity contribution < 1.29 is 18.7 Å². The van der Waals surface area contributed by atoms with Crippen LogP contribution in [0.15, 0.2) is 12.7 Å². The van der Waals surface area contributed by atoms with Crippen LogP contribution in [0.3, 0.4) is 0 Å². The fourth-order valence-electron chi connectivity index (χ4n) is 0.433. The first-order valence-corrected chi connectivity index (χ1v) is 3.00. The number of halogens is 2. The quantitative estimate of drug-likeness (QED) is 0.635. The lowest BCUT2D eigenvalue weighted by molar-refractivity contribution is -0.166. The van der Waals surface area contributed by atoms with Crippen molar-refractivity contribution in [3.63, 3.8) is 0 Å². The number of aliphatic hydroxyl groups is 1. The van der Waals surface area contributed by atoms with Crippen molar-refractivity contribution in [2.45, 2.75) is 25.4 Å². The van der Waals surface area contributed by atoms with Gasteiger partial charge in [0.2, 0.25) is 0 Å². The smallest absolute Gasteiger partial charge is 0.301 e. The van der Waals surface area contributed by atoms with E-state index in [2.05, 4.69) is 6.58 Å². The minimum atomic E-state index is -3.57. The van der Waals surface area contributed by atoms with Crippen LogP contribution < -0.4 is 0 Å². The molecule has 0 aromatic rings. The average Bonchev–Trinajstić information content (AvgIpc) is 1.87. The highest BCUT2D eigenvalue weighted by Crippen LogP contribution is 2.29. The number of carbonyl (C=O) groups is 1. The van der Waals surface area contributed by atoms with Gasteiger partial charge in [0, 0.05) is 0 Å². The highest BCUT2D eigenvalue weighted by molar-refractivity contribution is 5.85. The van der Waals surface area contributed by atoms with E-state index in [1.165, 1.54) is 0 Å². The van der Waals surface area contributed by atoms with E-state index in [0.29, 0.717) is 0 Å². The zero-order chi connectivity index (χ0) is 9.28. The van der Waals surface area contributed by atoms with Gasteiger partial charge < -0.3 is 5.11 Å². The van der Waals surface area contributed by atoms with E-state index in [0.717, 1.165) is 13.8 Å². The summed E-state index contributed by atoms with van der Waals surface area (Å²) in [4.78, 5) is 10.5. The summed E-state index contributed by atoms with van der Waals surface area (Å²) in [5.74, 6) is -4.55. The Bertz CT molecular complexity index is 185. The second-order valence-corrected chi connectivity index (χ2v) is 2.46. The Morgan fingerprint density at radius 1 is 1.64 bits per heavy atom. The van der Waals surface area contributed by atoms with Gasteiger partial charge in [-0.25, -0.2) is 0 Å². The molecule has 0 heterocycles. The molecule has 0 bridgehead atoms. The SMILES string of the molecule is C=CC(F)(F)C(C)(O)C(C)=O. The van der Waals surface area contributed by atoms with Crippen molar-refractivity contribution in [3.8, 4) is 0 Å². The van der Waals surface area contributed by atoms with E-state index in [-0.39, 0.29) is 6.08 Å². The van der Waals surface area contributed by atoms with Crippen LogP contribution in [0.4, 0.5) is 8.78 Å². The summed E-state index contributed by atoms with van der Waals surface area (Å²) in [7, 11) is 0. The summed E-state index contributed by atoms with van der Waals surface area (Å²) in [5, 5.41) is 8.95. The molecule has 2 nitrogen and oxygen atoms in total. The number of carbonyl (C=O) groups excluding carboxylic acids is 1. The first kappa shape index (κ1) is 10.2. The van der Waals surface area contributed by atoms with Crippen LogP contribution in [0, 0.1) is 0 Å². The largest absolute Gasteiger partial charge is 0.376 e. The van der Waals surface area contributed by atoms with Crippen LogP contribution in [0.25, 0.3) is 0 Å². The molecule has 0 amide bonds. The Hall–Kier alpha value is -0.770. The topological polar surface area (TPSA) is 37.3 Å². The average molecular weight is 164 g/mol. The van der Waals surface area contributed by atoms with Crippen molar-refractivity contribution in [3.05, 3.63) is 12.7 Å². The maximum Gasteiger partial charge on any atom is 0.301 e. The second kappa shape index (κ2) is 2.70. The lowest BCUT2D eigenvalue weighted by Gasteiger charge is -2.27. The van der Waals surface area contributed by atoms with E-state index < -0.39 is 17.3 Å². The zero-order valence-corrected chi connectivity index (χ0v) is 6.40. The Balaban J connectivity index is 4.81. The first-order chi connectivity index (χ1) is 4.75. The second-order valence-electron chi connectivity index (χ2n) is 2.46. The zero-order valence-electron chi connectivity index (χ0n) is 6.40. The monoisotopic (exact) mass is 164 g/mol. The molecule has 64 valence electrons.